The van der Waals surface area contributed by atoms with E-state index in [0.717, 1.165) is 0 Å². The highest BCUT2D eigenvalue weighted by Gasteiger charge is 2.38. The van der Waals surface area contributed by atoms with Crippen LogP contribution in [-0.4, -0.2) is 17.7 Å². The van der Waals surface area contributed by atoms with Crippen molar-refractivity contribution >= 4 is 23.5 Å². The van der Waals surface area contributed by atoms with E-state index in [2.05, 4.69) is 11.8 Å². The van der Waals surface area contributed by atoms with Crippen molar-refractivity contribution in [2.45, 2.75) is 19.6 Å². The maximum absolute atomic E-state index is 11.6. The predicted molar refractivity (Wildman–Crippen MR) is 72.7 cm³/mol. The fraction of sp³-hybridized carbons (Fsp3) is 0.200. The smallest absolute Gasteiger partial charge is 0.349 e. The van der Waals surface area contributed by atoms with Gasteiger partial charge in [-0.05, 0) is 24.3 Å². The number of carbonyl (C=O) groups excluding carboxylic acids is 2. The van der Waals surface area contributed by atoms with Crippen LogP contribution in [0.3, 0.4) is 0 Å². The molecule has 1 aliphatic rings. The standard InChI is InChI=1S/C15H11ClO4/c1-15(2)19-13(17)12(14(18)20-15)5-3-4-10-6-8-11(16)9-7-10/h5-9H,1-2H3. The third kappa shape index (κ3) is 3.40. The van der Waals surface area contributed by atoms with E-state index in [4.69, 9.17) is 21.1 Å². The molecule has 2 rings (SSSR count). The highest BCUT2D eigenvalue weighted by atomic mass is 35.5. The SMILES string of the molecule is CC1(C)OC(=O)C(=CC#Cc2ccc(Cl)cc2)C(=O)O1. The molecule has 0 saturated carbocycles. The van der Waals surface area contributed by atoms with Gasteiger partial charge >= 0.3 is 11.9 Å². The van der Waals surface area contributed by atoms with Crippen molar-refractivity contribution in [3.05, 3.63) is 46.5 Å². The van der Waals surface area contributed by atoms with E-state index < -0.39 is 17.7 Å². The second-order valence-corrected chi connectivity index (χ2v) is 4.95. The number of cyclic esters (lactones) is 2. The number of ether oxygens (including phenoxy) is 2. The lowest BCUT2D eigenvalue weighted by molar-refractivity contribution is -0.222. The molecule has 1 aliphatic heterocycles. The van der Waals surface area contributed by atoms with E-state index in [1.807, 2.05) is 0 Å². The van der Waals surface area contributed by atoms with Crippen molar-refractivity contribution < 1.29 is 19.1 Å². The van der Waals surface area contributed by atoms with Crippen molar-refractivity contribution in [3.8, 4) is 11.8 Å². The van der Waals surface area contributed by atoms with Crippen molar-refractivity contribution in [2.75, 3.05) is 0 Å². The van der Waals surface area contributed by atoms with Crippen LogP contribution in [0.1, 0.15) is 19.4 Å². The quantitative estimate of drug-likeness (QED) is 0.319. The van der Waals surface area contributed by atoms with Crippen LogP contribution in [0.4, 0.5) is 0 Å². The molecule has 0 spiro atoms. The summed E-state index contributed by atoms with van der Waals surface area (Å²) in [7, 11) is 0. The Morgan fingerprint density at radius 3 is 2.20 bits per heavy atom. The highest BCUT2D eigenvalue weighted by Crippen LogP contribution is 2.22. The Hall–Kier alpha value is -2.25. The predicted octanol–water partition coefficient (Wildman–Crippen LogP) is 2.45. The third-order valence-electron chi connectivity index (χ3n) is 2.39. The van der Waals surface area contributed by atoms with E-state index in [1.54, 1.807) is 24.3 Å². The summed E-state index contributed by atoms with van der Waals surface area (Å²) in [6.07, 6.45) is 1.19. The molecule has 1 saturated heterocycles. The number of esters is 2. The van der Waals surface area contributed by atoms with Gasteiger partial charge < -0.3 is 9.47 Å². The minimum atomic E-state index is -1.24. The molecule has 4 nitrogen and oxygen atoms in total. The molecule has 20 heavy (non-hydrogen) atoms. The summed E-state index contributed by atoms with van der Waals surface area (Å²) >= 11 is 5.75. The van der Waals surface area contributed by atoms with E-state index in [1.165, 1.54) is 19.9 Å². The lowest BCUT2D eigenvalue weighted by atomic mass is 10.2. The first-order valence-corrected chi connectivity index (χ1v) is 6.19. The molecule has 0 atom stereocenters. The minimum absolute atomic E-state index is 0.217. The lowest BCUT2D eigenvalue weighted by Gasteiger charge is -2.29. The normalized spacial score (nSPS) is 16.6. The maximum Gasteiger partial charge on any atom is 0.349 e. The molecule has 0 unspecified atom stereocenters. The fourth-order valence-electron chi connectivity index (χ4n) is 1.50. The molecule has 0 aromatic heterocycles. The maximum atomic E-state index is 11.6. The number of carbonyl (C=O) groups is 2. The van der Waals surface area contributed by atoms with Gasteiger partial charge in [0.2, 0.25) is 0 Å². The first-order chi connectivity index (χ1) is 9.37. The zero-order chi connectivity index (χ0) is 14.8. The van der Waals surface area contributed by atoms with Crippen LogP contribution in [0.15, 0.2) is 35.9 Å². The van der Waals surface area contributed by atoms with Crippen LogP contribution < -0.4 is 0 Å². The van der Waals surface area contributed by atoms with Gasteiger partial charge in [-0.1, -0.05) is 23.4 Å². The molecule has 1 fully saturated rings. The van der Waals surface area contributed by atoms with Crippen molar-refractivity contribution in [1.29, 1.82) is 0 Å². The number of hydrogen-bond acceptors (Lipinski definition) is 4. The average molecular weight is 291 g/mol. The van der Waals surface area contributed by atoms with Gasteiger partial charge in [-0.25, -0.2) is 9.59 Å². The Kier molecular flexibility index (Phi) is 3.82. The molecule has 0 bridgehead atoms. The van der Waals surface area contributed by atoms with Crippen molar-refractivity contribution in [2.24, 2.45) is 0 Å². The van der Waals surface area contributed by atoms with Crippen LogP contribution in [-0.2, 0) is 19.1 Å². The van der Waals surface area contributed by atoms with Gasteiger partial charge in [0.15, 0.2) is 5.57 Å². The van der Waals surface area contributed by atoms with Gasteiger partial charge in [0.1, 0.15) is 0 Å². The van der Waals surface area contributed by atoms with E-state index >= 15 is 0 Å². The van der Waals surface area contributed by atoms with Crippen molar-refractivity contribution in [3.63, 3.8) is 0 Å². The molecule has 0 aliphatic carbocycles. The Labute approximate surface area is 121 Å². The number of benzene rings is 1. The Morgan fingerprint density at radius 1 is 1.10 bits per heavy atom. The zero-order valence-corrected chi connectivity index (χ0v) is 11.7. The molecule has 102 valence electrons. The monoisotopic (exact) mass is 290 g/mol. The highest BCUT2D eigenvalue weighted by molar-refractivity contribution is 6.30. The Bertz CT molecular complexity index is 623. The molecule has 1 aromatic carbocycles. The molecule has 1 heterocycles. The molecule has 0 radical (unpaired) electrons. The molecular formula is C15H11ClO4. The topological polar surface area (TPSA) is 52.6 Å². The summed E-state index contributed by atoms with van der Waals surface area (Å²) in [4.78, 5) is 23.3. The van der Waals surface area contributed by atoms with Crippen LogP contribution in [0, 0.1) is 11.8 Å². The van der Waals surface area contributed by atoms with Gasteiger partial charge in [-0.15, -0.1) is 0 Å². The Balaban J connectivity index is 2.18. The molecule has 0 N–H and O–H groups in total. The Morgan fingerprint density at radius 2 is 1.65 bits per heavy atom. The fourth-order valence-corrected chi connectivity index (χ4v) is 1.63. The van der Waals surface area contributed by atoms with E-state index in [-0.39, 0.29) is 5.57 Å². The molecule has 5 heteroatoms. The minimum Gasteiger partial charge on any atom is -0.419 e. The molecule has 0 amide bonds. The molecular weight excluding hydrogens is 280 g/mol. The summed E-state index contributed by atoms with van der Waals surface area (Å²) in [5, 5.41) is 0.607. The van der Waals surface area contributed by atoms with Gasteiger partial charge in [0.25, 0.3) is 5.79 Å². The second kappa shape index (κ2) is 5.40. The van der Waals surface area contributed by atoms with Gasteiger partial charge in [0.05, 0.1) is 0 Å². The first-order valence-electron chi connectivity index (χ1n) is 5.81. The largest absolute Gasteiger partial charge is 0.419 e. The summed E-state index contributed by atoms with van der Waals surface area (Å²) in [6.45, 7) is 2.97. The van der Waals surface area contributed by atoms with Gasteiger partial charge in [-0.3, -0.25) is 0 Å². The number of rotatable bonds is 0. The van der Waals surface area contributed by atoms with Crippen LogP contribution in [0.2, 0.25) is 5.02 Å². The van der Waals surface area contributed by atoms with E-state index in [0.29, 0.717) is 10.6 Å². The lowest BCUT2D eigenvalue weighted by Crippen LogP contribution is -2.41. The average Bonchev–Trinajstić information content (AvgIpc) is 2.33. The van der Waals surface area contributed by atoms with Crippen LogP contribution in [0.5, 0.6) is 0 Å². The summed E-state index contributed by atoms with van der Waals surface area (Å²) < 4.78 is 9.88. The van der Waals surface area contributed by atoms with Gasteiger partial charge in [0, 0.05) is 30.5 Å². The number of allylic oxidation sites excluding steroid dienone is 1. The zero-order valence-electron chi connectivity index (χ0n) is 10.9. The first kappa shape index (κ1) is 14.2. The number of halogens is 1. The number of hydrogen-bond donors (Lipinski definition) is 0. The summed E-state index contributed by atoms with van der Waals surface area (Å²) in [5.74, 6) is 2.68. The molecule has 1 aromatic rings. The second-order valence-electron chi connectivity index (χ2n) is 4.51. The third-order valence-corrected chi connectivity index (χ3v) is 2.65. The van der Waals surface area contributed by atoms with Crippen molar-refractivity contribution in [1.82, 2.24) is 0 Å². The summed E-state index contributed by atoms with van der Waals surface area (Å²) in [6, 6.07) is 6.86. The van der Waals surface area contributed by atoms with Crippen LogP contribution in [0.25, 0.3) is 0 Å². The van der Waals surface area contributed by atoms with E-state index in [9.17, 15) is 9.59 Å². The summed E-state index contributed by atoms with van der Waals surface area (Å²) in [5.41, 5.74) is 0.495. The van der Waals surface area contributed by atoms with Crippen LogP contribution >= 0.6 is 11.6 Å². The van der Waals surface area contributed by atoms with Gasteiger partial charge in [-0.2, -0.15) is 0 Å².